The molecule has 6 nitrogen and oxygen atoms in total. The fourth-order valence-corrected chi connectivity index (χ4v) is 13.9. The molecule has 4 heterocycles. The van der Waals surface area contributed by atoms with Crippen molar-refractivity contribution < 1.29 is 8.83 Å². The maximum Gasteiger partial charge on any atom is 0.227 e. The van der Waals surface area contributed by atoms with Gasteiger partial charge in [0.2, 0.25) is 11.8 Å². The normalized spacial score (nSPS) is 11.2. The van der Waals surface area contributed by atoms with Gasteiger partial charge in [-0.1, -0.05) is 311 Å². The molecule has 0 bridgehead atoms. The third kappa shape index (κ3) is 13.0. The van der Waals surface area contributed by atoms with Gasteiger partial charge in [-0.2, -0.15) is 0 Å². The zero-order valence-corrected chi connectivity index (χ0v) is 57.4. The quantitative estimate of drug-likeness (QED) is 0.102. The van der Waals surface area contributed by atoms with Crippen molar-refractivity contribution in [2.24, 2.45) is 0 Å². The summed E-state index contributed by atoms with van der Waals surface area (Å²) in [5, 5.41) is 0. The Morgan fingerprint density at radius 3 is 0.760 bits per heavy atom. The van der Waals surface area contributed by atoms with Crippen LogP contribution < -0.4 is 0 Å². The molecule has 0 aliphatic rings. The molecule has 0 aliphatic heterocycles. The summed E-state index contributed by atoms with van der Waals surface area (Å²) in [6.45, 7) is 4.00. The van der Waals surface area contributed by atoms with E-state index >= 15 is 0 Å². The molecule has 0 aliphatic carbocycles. The Morgan fingerprint density at radius 1 is 0.192 bits per heavy atom. The average molecular weight is 1330 g/mol. The summed E-state index contributed by atoms with van der Waals surface area (Å²) >= 11 is 0. The van der Waals surface area contributed by atoms with Gasteiger partial charge in [0.15, 0.2) is 11.2 Å². The van der Waals surface area contributed by atoms with E-state index in [0.29, 0.717) is 11.8 Å². The van der Waals surface area contributed by atoms with Gasteiger partial charge in [0.1, 0.15) is 11.0 Å². The number of hydrogen-bond acceptors (Lipinski definition) is 6. The van der Waals surface area contributed by atoms with Crippen molar-refractivity contribution in [3.63, 3.8) is 0 Å². The number of nitrogens with zero attached hydrogens (tertiary/aromatic N) is 4. The monoisotopic (exact) mass is 1330 g/mol. The van der Waals surface area contributed by atoms with Crippen molar-refractivity contribution in [1.29, 1.82) is 0 Å². The van der Waals surface area contributed by atoms with Crippen LogP contribution in [0.1, 0.15) is 13.8 Å². The van der Waals surface area contributed by atoms with Crippen molar-refractivity contribution in [3.8, 4) is 168 Å². The zero-order chi connectivity index (χ0) is 69.7. The van der Waals surface area contributed by atoms with Gasteiger partial charge >= 0.3 is 0 Å². The molecule has 0 fully saturated rings. The summed E-state index contributed by atoms with van der Waals surface area (Å²) in [6, 6.07) is 130. The van der Waals surface area contributed by atoms with Crippen molar-refractivity contribution in [1.82, 2.24) is 19.9 Å². The number of aromatic nitrogens is 4. The van der Waals surface area contributed by atoms with Gasteiger partial charge in [-0.25, -0.2) is 15.0 Å². The standard InChI is InChI=1S/C96H62N4O2.C2H6/c1-5-15-63(16-6-1)67-26-42-76(43-27-67)84-59-90-92(61-86(84)78-46-30-69(31-47-78)65-19-9-3-10-20-65)101-95(99-90)81-52-36-73(37-53-81)71-24-40-75(41-25-71)83-56-57-89(88-23-13-14-58-97-88)98-94(83)80-50-34-72(35-51-80)74-38-54-82(55-39-74)96-100-91-60-85(77-44-28-68(29-45-77)64-17-7-2-8-18-64)87(62-93(91)102-96)79-48-32-70(33-49-79)66-21-11-4-12-22-66;1-2/h1-62H;1-2H3. The first-order chi connectivity index (χ1) is 51.5. The molecule has 0 unspecified atom stereocenters. The molecule has 104 heavy (non-hydrogen) atoms. The topological polar surface area (TPSA) is 77.8 Å². The first-order valence-electron chi connectivity index (χ1n) is 35.4. The van der Waals surface area contributed by atoms with E-state index in [9.17, 15) is 0 Å². The Morgan fingerprint density at radius 2 is 0.452 bits per heavy atom. The third-order valence-electron chi connectivity index (χ3n) is 19.4. The van der Waals surface area contributed by atoms with Gasteiger partial charge in [-0.15, -0.1) is 0 Å². The Hall–Kier alpha value is -13.7. The smallest absolute Gasteiger partial charge is 0.227 e. The minimum atomic E-state index is 0.566. The average Bonchev–Trinajstić information content (AvgIpc) is 1.55. The summed E-state index contributed by atoms with van der Waals surface area (Å²) in [5.41, 5.74) is 32.8. The van der Waals surface area contributed by atoms with E-state index in [-0.39, 0.29) is 0 Å². The van der Waals surface area contributed by atoms with Crippen LogP contribution in [0, 0.1) is 0 Å². The zero-order valence-electron chi connectivity index (χ0n) is 57.4. The lowest BCUT2D eigenvalue weighted by Gasteiger charge is -2.13. The number of fused-ring (bicyclic) bond motifs is 2. The van der Waals surface area contributed by atoms with Crippen LogP contribution >= 0.6 is 0 Å². The van der Waals surface area contributed by atoms with Crippen LogP contribution in [-0.2, 0) is 0 Å². The second-order valence-corrected chi connectivity index (χ2v) is 25.7. The van der Waals surface area contributed by atoms with Crippen LogP contribution in [0.3, 0.4) is 0 Å². The number of rotatable bonds is 15. The molecule has 6 heteroatoms. The third-order valence-corrected chi connectivity index (χ3v) is 19.4. The molecule has 0 spiro atoms. The van der Waals surface area contributed by atoms with Gasteiger partial charge < -0.3 is 8.83 Å². The number of hydrogen-bond donors (Lipinski definition) is 0. The van der Waals surface area contributed by atoms with E-state index in [1.54, 1.807) is 0 Å². The summed E-state index contributed by atoms with van der Waals surface area (Å²) < 4.78 is 13.3. The van der Waals surface area contributed by atoms with Gasteiger partial charge in [0, 0.05) is 28.5 Å². The molecule has 0 saturated carbocycles. The highest BCUT2D eigenvalue weighted by Gasteiger charge is 2.20. The fraction of sp³-hybridized carbons (Fsp3) is 0.0204. The molecule has 0 radical (unpaired) electrons. The van der Waals surface area contributed by atoms with E-state index in [1.807, 2.05) is 56.4 Å². The molecule has 14 aromatic carbocycles. The molecule has 0 N–H and O–H groups in total. The van der Waals surface area contributed by atoms with Crippen LogP contribution in [0.5, 0.6) is 0 Å². The van der Waals surface area contributed by atoms with Gasteiger partial charge in [-0.05, 0) is 190 Å². The molecule has 0 amide bonds. The van der Waals surface area contributed by atoms with Crippen LogP contribution in [0.25, 0.3) is 190 Å². The van der Waals surface area contributed by atoms with Crippen LogP contribution in [0.4, 0.5) is 0 Å². The molecule has 4 aromatic heterocycles. The van der Waals surface area contributed by atoms with E-state index in [1.165, 1.54) is 44.5 Å². The Labute approximate surface area is 605 Å². The van der Waals surface area contributed by atoms with Crippen LogP contribution in [0.15, 0.2) is 385 Å². The van der Waals surface area contributed by atoms with Gasteiger partial charge in [0.05, 0.1) is 17.1 Å². The van der Waals surface area contributed by atoms with Crippen LogP contribution in [0.2, 0.25) is 0 Å². The molecule has 18 rings (SSSR count). The minimum absolute atomic E-state index is 0.566. The van der Waals surface area contributed by atoms with Gasteiger partial charge in [0.25, 0.3) is 0 Å². The Balaban J connectivity index is 0.00000397. The number of benzene rings is 14. The van der Waals surface area contributed by atoms with E-state index in [2.05, 4.69) is 339 Å². The Kier molecular flexibility index (Phi) is 17.5. The molecule has 492 valence electrons. The fourth-order valence-electron chi connectivity index (χ4n) is 13.9. The van der Waals surface area contributed by atoms with Crippen molar-refractivity contribution in [2.75, 3.05) is 0 Å². The van der Waals surface area contributed by atoms with Crippen molar-refractivity contribution >= 4 is 22.2 Å². The second kappa shape index (κ2) is 28.5. The lowest BCUT2D eigenvalue weighted by molar-refractivity contribution is 0.619. The first-order valence-corrected chi connectivity index (χ1v) is 35.4. The lowest BCUT2D eigenvalue weighted by Crippen LogP contribution is -1.94. The summed E-state index contributed by atoms with van der Waals surface area (Å²) in [5.74, 6) is 1.13. The van der Waals surface area contributed by atoms with E-state index < -0.39 is 0 Å². The number of pyridine rings is 2. The molecular formula is C98H68N4O2. The molecule has 18 aromatic rings. The van der Waals surface area contributed by atoms with Crippen molar-refractivity contribution in [3.05, 3.63) is 376 Å². The largest absolute Gasteiger partial charge is 0.436 e. The highest BCUT2D eigenvalue weighted by atomic mass is 16.4. The highest BCUT2D eigenvalue weighted by molar-refractivity contribution is 5.97. The SMILES string of the molecule is CC.c1ccc(-c2ccc(-c3cc4nc(-c5ccc(-c6ccc(-c7ccc(-c8ccccn8)nc7-c7ccc(-c8ccc(-c9nc%10cc(-c%11ccc(-c%12ccccc%12)cc%11)c(-c%11ccc(-c%12ccccc%12)cc%11)cc%10o9)cc8)cc7)cc6)cc5)oc4cc3-c3ccc(-c4ccccc4)cc3)cc2)cc1. The van der Waals surface area contributed by atoms with Crippen molar-refractivity contribution in [2.45, 2.75) is 13.8 Å². The van der Waals surface area contributed by atoms with Gasteiger partial charge in [-0.3, -0.25) is 4.98 Å². The maximum atomic E-state index is 6.65. The minimum Gasteiger partial charge on any atom is -0.436 e. The maximum absolute atomic E-state index is 6.65. The van der Waals surface area contributed by atoms with E-state index in [4.69, 9.17) is 23.8 Å². The summed E-state index contributed by atoms with van der Waals surface area (Å²) in [4.78, 5) is 20.3. The molecular weight excluding hydrogens is 1270 g/mol. The predicted octanol–water partition coefficient (Wildman–Crippen LogP) is 26.8. The molecule has 0 saturated heterocycles. The molecule has 0 atom stereocenters. The van der Waals surface area contributed by atoms with Crippen LogP contribution in [-0.4, -0.2) is 19.9 Å². The summed E-state index contributed by atoms with van der Waals surface area (Å²) in [6.07, 6.45) is 1.81. The van der Waals surface area contributed by atoms with E-state index in [0.717, 1.165) is 134 Å². The first kappa shape index (κ1) is 63.7. The number of oxazole rings is 2. The Bertz CT molecular complexity index is 5750. The lowest BCUT2D eigenvalue weighted by atomic mass is 9.92. The summed E-state index contributed by atoms with van der Waals surface area (Å²) in [7, 11) is 0. The predicted molar refractivity (Wildman–Crippen MR) is 430 cm³/mol. The highest BCUT2D eigenvalue weighted by Crippen LogP contribution is 2.43. The second-order valence-electron chi connectivity index (χ2n) is 25.7.